The molecule has 2 aromatic heterocycles. The zero-order chi connectivity index (χ0) is 46.8. The van der Waals surface area contributed by atoms with Gasteiger partial charge in [0.25, 0.3) is 0 Å². The fourth-order valence-corrected chi connectivity index (χ4v) is 10.5. The van der Waals surface area contributed by atoms with Crippen LogP contribution in [0.2, 0.25) is 0 Å². The summed E-state index contributed by atoms with van der Waals surface area (Å²) in [6, 6.07) is 12.4. The zero-order valence-electron chi connectivity index (χ0n) is 39.4. The maximum Gasteiger partial charge on any atom is 0.407 e. The molecule has 0 aliphatic carbocycles. The monoisotopic (exact) mass is 904 g/mol. The number of amides is 4. The molecule has 0 radical (unpaired) electrons. The average molecular weight is 905 g/mol. The number of carbonyl (C=O) groups is 4. The van der Waals surface area contributed by atoms with Crippen molar-refractivity contribution in [2.45, 2.75) is 129 Å². The third-order valence-corrected chi connectivity index (χ3v) is 14.1. The highest BCUT2D eigenvalue weighted by Gasteiger charge is 2.43. The molecule has 4 amide bonds. The van der Waals surface area contributed by atoms with Crippen LogP contribution in [0.15, 0.2) is 48.7 Å². The van der Waals surface area contributed by atoms with Gasteiger partial charge in [0.1, 0.15) is 36.1 Å². The third-order valence-electron chi connectivity index (χ3n) is 14.1. The fraction of sp³-hybridized carbons (Fsp3) is 0.520. The molecule has 3 aliphatic rings. The van der Waals surface area contributed by atoms with E-state index in [0.29, 0.717) is 44.3 Å². The molecule has 66 heavy (non-hydrogen) atoms. The van der Waals surface area contributed by atoms with E-state index in [-0.39, 0.29) is 41.8 Å². The molecule has 0 saturated carbocycles. The van der Waals surface area contributed by atoms with Crippen molar-refractivity contribution in [1.29, 1.82) is 0 Å². The molecule has 0 spiro atoms. The summed E-state index contributed by atoms with van der Waals surface area (Å²) >= 11 is 0. The number of fused-ring (bicyclic) bond motifs is 6. The molecule has 4 N–H and O–H groups in total. The smallest absolute Gasteiger partial charge is 0.407 e. The number of aromatic amines is 2. The number of imidazole rings is 2. The Balaban J connectivity index is 1.05. The first-order chi connectivity index (χ1) is 31.8. The Morgan fingerprint density at radius 2 is 1.68 bits per heavy atom. The SMILES string of the molecule is CCCC(C)[C@@H](CC)N(C(=O)[C@H](C)NC(=O)OC)[C@@H](C)c1ncc(-c2ccc3c(c2)COc2cc4c(ccc5[nH]c([C@@H]6CC[C@H](C)N6C(=O)[C@@H](NC(=O)OC)C6CCOCC6)nc54)cc2-3)[nH]1. The predicted octanol–water partition coefficient (Wildman–Crippen LogP) is 8.72. The maximum absolute atomic E-state index is 14.4. The summed E-state index contributed by atoms with van der Waals surface area (Å²) in [7, 11) is 2.60. The molecule has 5 aromatic rings. The third kappa shape index (κ3) is 9.03. The van der Waals surface area contributed by atoms with Gasteiger partial charge in [-0.25, -0.2) is 19.6 Å². The topological polar surface area (TPSA) is 193 Å². The minimum Gasteiger partial charge on any atom is -0.488 e. The Kier molecular flexibility index (Phi) is 13.9. The number of nitrogens with zero attached hydrogens (tertiary/aromatic N) is 4. The fourth-order valence-electron chi connectivity index (χ4n) is 10.5. The molecule has 16 nitrogen and oxygen atoms in total. The average Bonchev–Trinajstić information content (AvgIpc) is 4.10. The number of benzene rings is 3. The largest absolute Gasteiger partial charge is 0.488 e. The van der Waals surface area contributed by atoms with E-state index in [1.54, 1.807) is 6.92 Å². The lowest BCUT2D eigenvalue weighted by Gasteiger charge is -2.40. The van der Waals surface area contributed by atoms with E-state index in [0.717, 1.165) is 87.6 Å². The first-order valence-electron chi connectivity index (χ1n) is 23.5. The Morgan fingerprint density at radius 3 is 2.41 bits per heavy atom. The van der Waals surface area contributed by atoms with Gasteiger partial charge in [-0.3, -0.25) is 9.59 Å². The summed E-state index contributed by atoms with van der Waals surface area (Å²) in [4.78, 5) is 73.9. The van der Waals surface area contributed by atoms with Crippen molar-refractivity contribution < 1.29 is 38.1 Å². The molecule has 8 rings (SSSR count). The standard InChI is InChI=1S/C50H64N8O8/c1-9-11-27(3)40(10-2)58(47(59)29(5)52-49(61)63-7)30(6)45-51-25-39(54-45)33-13-15-35-34(22-33)26-66-42-24-36-32(23-37(35)42)14-16-38-44(36)55-46(53-38)41-17-12-28(4)57(41)48(60)43(56-50(62)64-8)31-18-20-65-21-19-31/h13-16,22-25,27-31,40-41,43H,9-12,17-21,26H2,1-8H3,(H,51,54)(H,52,61)(H,53,55)(H,56,62)/t27?,28-,29-,30-,40+,41-,43-/m0/s1. The van der Waals surface area contributed by atoms with E-state index in [1.807, 2.05) is 29.0 Å². The Bertz CT molecular complexity index is 2580. The van der Waals surface area contributed by atoms with Crippen LogP contribution >= 0.6 is 0 Å². The number of hydrogen-bond donors (Lipinski definition) is 4. The van der Waals surface area contributed by atoms with E-state index < -0.39 is 30.3 Å². The number of alkyl carbamates (subject to hydrolysis) is 2. The molecule has 5 heterocycles. The summed E-state index contributed by atoms with van der Waals surface area (Å²) in [6.45, 7) is 13.6. The van der Waals surface area contributed by atoms with Gasteiger partial charge in [-0.05, 0) is 117 Å². The lowest BCUT2D eigenvalue weighted by atomic mass is 9.90. The molecular formula is C50H64N8O8. The number of hydrogen-bond acceptors (Lipinski definition) is 10. The zero-order valence-corrected chi connectivity index (χ0v) is 39.4. The first-order valence-corrected chi connectivity index (χ1v) is 23.5. The molecule has 16 heteroatoms. The highest BCUT2D eigenvalue weighted by molar-refractivity contribution is 6.07. The van der Waals surface area contributed by atoms with Crippen molar-refractivity contribution in [3.8, 4) is 28.1 Å². The Labute approximate surface area is 385 Å². The van der Waals surface area contributed by atoms with Crippen LogP contribution in [0.1, 0.15) is 116 Å². The Morgan fingerprint density at radius 1 is 0.924 bits per heavy atom. The van der Waals surface area contributed by atoms with Crippen LogP contribution in [0.3, 0.4) is 0 Å². The molecule has 3 aliphatic heterocycles. The van der Waals surface area contributed by atoms with E-state index in [9.17, 15) is 19.2 Å². The molecule has 1 unspecified atom stereocenters. The van der Waals surface area contributed by atoms with Crippen molar-refractivity contribution in [2.75, 3.05) is 27.4 Å². The van der Waals surface area contributed by atoms with Crippen molar-refractivity contribution in [1.82, 2.24) is 40.4 Å². The molecule has 3 aromatic carbocycles. The molecule has 2 fully saturated rings. The second-order valence-corrected chi connectivity index (χ2v) is 18.3. The van der Waals surface area contributed by atoms with Gasteiger partial charge in [-0.1, -0.05) is 45.4 Å². The summed E-state index contributed by atoms with van der Waals surface area (Å²) < 4.78 is 21.8. The highest BCUT2D eigenvalue weighted by atomic mass is 16.5. The van der Waals surface area contributed by atoms with Gasteiger partial charge in [0.05, 0.1) is 49.2 Å². The van der Waals surface area contributed by atoms with Crippen LogP contribution in [0.4, 0.5) is 9.59 Å². The van der Waals surface area contributed by atoms with Gasteiger partial charge >= 0.3 is 12.2 Å². The van der Waals surface area contributed by atoms with Gasteiger partial charge in [0.15, 0.2) is 0 Å². The number of nitrogens with one attached hydrogen (secondary N) is 4. The van der Waals surface area contributed by atoms with E-state index in [1.165, 1.54) is 14.2 Å². The summed E-state index contributed by atoms with van der Waals surface area (Å²) in [5.41, 5.74) is 6.53. The number of carbonyl (C=O) groups excluding carboxylic acids is 4. The van der Waals surface area contributed by atoms with Crippen LogP contribution in [-0.4, -0.2) is 105 Å². The number of rotatable bonds is 14. The Hall–Kier alpha value is -6.16. The number of aromatic nitrogens is 4. The van der Waals surface area contributed by atoms with Gasteiger partial charge < -0.3 is 49.3 Å². The lowest BCUT2D eigenvalue weighted by molar-refractivity contribution is -0.140. The molecular weight excluding hydrogens is 841 g/mol. The predicted molar refractivity (Wildman–Crippen MR) is 251 cm³/mol. The maximum atomic E-state index is 14.4. The highest BCUT2D eigenvalue weighted by Crippen LogP contribution is 2.44. The lowest BCUT2D eigenvalue weighted by Crippen LogP contribution is -2.54. The number of methoxy groups -OCH3 is 2. The van der Waals surface area contributed by atoms with Crippen LogP contribution in [0, 0.1) is 11.8 Å². The number of H-pyrrole nitrogens is 2. The van der Waals surface area contributed by atoms with Gasteiger partial charge in [0, 0.05) is 36.2 Å². The molecule has 2 saturated heterocycles. The van der Waals surface area contributed by atoms with Crippen LogP contribution in [0.25, 0.3) is 44.2 Å². The van der Waals surface area contributed by atoms with Crippen molar-refractivity contribution >= 4 is 45.8 Å². The molecule has 352 valence electrons. The van der Waals surface area contributed by atoms with E-state index in [2.05, 4.69) is 84.7 Å². The normalized spacial score (nSPS) is 19.5. The van der Waals surface area contributed by atoms with Crippen LogP contribution < -0.4 is 15.4 Å². The van der Waals surface area contributed by atoms with Crippen molar-refractivity contribution in [3.05, 3.63) is 65.9 Å². The minimum atomic E-state index is -0.788. The van der Waals surface area contributed by atoms with Crippen LogP contribution in [0.5, 0.6) is 5.75 Å². The van der Waals surface area contributed by atoms with Gasteiger partial charge in [-0.15, -0.1) is 0 Å². The summed E-state index contributed by atoms with van der Waals surface area (Å²) in [5, 5.41) is 7.47. The number of ether oxygens (including phenoxy) is 4. The second-order valence-electron chi connectivity index (χ2n) is 18.3. The minimum absolute atomic E-state index is 0.0416. The molecule has 7 atom stereocenters. The quantitative estimate of drug-likeness (QED) is 0.0838. The van der Waals surface area contributed by atoms with Crippen molar-refractivity contribution in [2.24, 2.45) is 11.8 Å². The summed E-state index contributed by atoms with van der Waals surface area (Å²) in [5.74, 6) is 1.98. The first kappa shape index (κ1) is 46.4. The van der Waals surface area contributed by atoms with E-state index in [4.69, 9.17) is 28.9 Å². The van der Waals surface area contributed by atoms with Gasteiger partial charge in [0.2, 0.25) is 11.8 Å². The summed E-state index contributed by atoms with van der Waals surface area (Å²) in [6.07, 6.45) is 6.14. The van der Waals surface area contributed by atoms with Gasteiger partial charge in [-0.2, -0.15) is 0 Å². The second kappa shape index (κ2) is 19.7. The van der Waals surface area contributed by atoms with Crippen molar-refractivity contribution in [3.63, 3.8) is 0 Å². The van der Waals surface area contributed by atoms with E-state index >= 15 is 0 Å². The number of likely N-dealkylation sites (tertiary alicyclic amines) is 1. The molecule has 0 bridgehead atoms. The van der Waals surface area contributed by atoms with Crippen LogP contribution in [-0.2, 0) is 30.4 Å².